The van der Waals surface area contributed by atoms with E-state index in [4.69, 9.17) is 23.8 Å². The maximum atomic E-state index is 11.7. The molecule has 0 aliphatic rings. The number of rotatable bonds is 4. The Balaban J connectivity index is 2.98. The molecule has 1 aromatic carbocycles. The zero-order chi connectivity index (χ0) is 14.6. The molecule has 3 N–H and O–H groups in total. The Morgan fingerprint density at radius 3 is 2.84 bits per heavy atom. The molecule has 1 amide bonds. The Morgan fingerprint density at radius 1 is 1.68 bits per heavy atom. The van der Waals surface area contributed by atoms with Crippen LogP contribution in [0.15, 0.2) is 12.1 Å². The van der Waals surface area contributed by atoms with Gasteiger partial charge in [-0.05, 0) is 18.6 Å². The topological polar surface area (TPSA) is 98.3 Å². The van der Waals surface area contributed by atoms with Crippen molar-refractivity contribution in [2.45, 2.75) is 19.4 Å². The molecule has 0 saturated carbocycles. The molecule has 100 valence electrons. The van der Waals surface area contributed by atoms with Crippen LogP contribution in [-0.4, -0.2) is 16.9 Å². The third kappa shape index (κ3) is 3.68. The molecule has 0 fully saturated rings. The van der Waals surface area contributed by atoms with Crippen molar-refractivity contribution >= 4 is 28.9 Å². The number of hydrogen-bond donors (Lipinski definition) is 2. The Bertz CT molecular complexity index is 566. The van der Waals surface area contributed by atoms with Crippen molar-refractivity contribution in [3.8, 4) is 12.3 Å². The number of nitrogens with zero attached hydrogens (tertiary/aromatic N) is 1. The first-order valence-corrected chi connectivity index (χ1v) is 5.69. The van der Waals surface area contributed by atoms with E-state index in [0.717, 1.165) is 0 Å². The van der Waals surface area contributed by atoms with Crippen LogP contribution in [0.2, 0.25) is 5.02 Å². The largest absolute Gasteiger partial charge is 0.324 e. The van der Waals surface area contributed by atoms with Gasteiger partial charge in [-0.1, -0.05) is 11.6 Å². The minimum absolute atomic E-state index is 0.0589. The number of terminal acetylenes is 1. The SMILES string of the molecule is C#CCC(N)C(=O)Nc1cc(Cl)c([N+](=O)[O-])cc1C. The van der Waals surface area contributed by atoms with Gasteiger partial charge in [0.15, 0.2) is 0 Å². The van der Waals surface area contributed by atoms with E-state index in [1.165, 1.54) is 12.1 Å². The molecule has 0 aliphatic carbocycles. The number of anilines is 1. The van der Waals surface area contributed by atoms with Gasteiger partial charge in [0, 0.05) is 18.2 Å². The number of carbonyl (C=O) groups excluding carboxylic acids is 1. The smallest absolute Gasteiger partial charge is 0.288 e. The molecular formula is C12H12ClN3O3. The summed E-state index contributed by atoms with van der Waals surface area (Å²) in [6, 6.07) is 1.76. The summed E-state index contributed by atoms with van der Waals surface area (Å²) in [5.41, 5.74) is 6.21. The second-order valence-electron chi connectivity index (χ2n) is 3.88. The van der Waals surface area contributed by atoms with Crippen molar-refractivity contribution < 1.29 is 9.72 Å². The van der Waals surface area contributed by atoms with Gasteiger partial charge in [-0.15, -0.1) is 12.3 Å². The summed E-state index contributed by atoms with van der Waals surface area (Å²) < 4.78 is 0. The second-order valence-corrected chi connectivity index (χ2v) is 4.29. The molecule has 0 heterocycles. The summed E-state index contributed by atoms with van der Waals surface area (Å²) in [7, 11) is 0. The molecule has 0 saturated heterocycles. The maximum Gasteiger partial charge on any atom is 0.288 e. The fourth-order valence-corrected chi connectivity index (χ4v) is 1.62. The van der Waals surface area contributed by atoms with Crippen LogP contribution in [0.4, 0.5) is 11.4 Å². The fourth-order valence-electron chi connectivity index (χ4n) is 1.39. The van der Waals surface area contributed by atoms with Crippen LogP contribution < -0.4 is 11.1 Å². The molecule has 1 unspecified atom stereocenters. The van der Waals surface area contributed by atoms with Gasteiger partial charge in [0.1, 0.15) is 5.02 Å². The first kappa shape index (κ1) is 15.0. The van der Waals surface area contributed by atoms with Crippen LogP contribution in [0.25, 0.3) is 0 Å². The molecule has 19 heavy (non-hydrogen) atoms. The summed E-state index contributed by atoms with van der Waals surface area (Å²) >= 11 is 5.76. The highest BCUT2D eigenvalue weighted by Gasteiger charge is 2.18. The number of hydrogen-bond acceptors (Lipinski definition) is 4. The second kappa shape index (κ2) is 6.18. The van der Waals surface area contributed by atoms with E-state index in [9.17, 15) is 14.9 Å². The van der Waals surface area contributed by atoms with Gasteiger partial charge in [0.25, 0.3) is 5.69 Å². The highest BCUT2D eigenvalue weighted by atomic mass is 35.5. The van der Waals surface area contributed by atoms with E-state index in [1.54, 1.807) is 6.92 Å². The van der Waals surface area contributed by atoms with Crippen LogP contribution >= 0.6 is 11.6 Å². The molecule has 1 atom stereocenters. The van der Waals surface area contributed by atoms with Crippen molar-refractivity contribution in [3.05, 3.63) is 32.8 Å². The predicted octanol–water partition coefficient (Wildman–Crippen LogP) is 1.85. The zero-order valence-corrected chi connectivity index (χ0v) is 10.9. The molecule has 1 aromatic rings. The van der Waals surface area contributed by atoms with Crippen LogP contribution in [-0.2, 0) is 4.79 Å². The first-order valence-electron chi connectivity index (χ1n) is 5.31. The van der Waals surface area contributed by atoms with Crippen LogP contribution in [0.5, 0.6) is 0 Å². The summed E-state index contributed by atoms with van der Waals surface area (Å²) in [6.07, 6.45) is 5.16. The summed E-state index contributed by atoms with van der Waals surface area (Å²) in [5.74, 6) is 1.82. The number of nitro benzene ring substituents is 1. The van der Waals surface area contributed by atoms with Crippen molar-refractivity contribution in [2.75, 3.05) is 5.32 Å². The maximum absolute atomic E-state index is 11.7. The Kier molecular flexibility index (Phi) is 4.87. The van der Waals surface area contributed by atoms with E-state index in [0.29, 0.717) is 11.3 Å². The van der Waals surface area contributed by atoms with Crippen molar-refractivity contribution in [2.24, 2.45) is 5.73 Å². The van der Waals surface area contributed by atoms with Gasteiger partial charge in [-0.25, -0.2) is 0 Å². The third-order valence-electron chi connectivity index (χ3n) is 2.42. The van der Waals surface area contributed by atoms with Gasteiger partial charge in [0.05, 0.1) is 11.0 Å². The van der Waals surface area contributed by atoms with Gasteiger partial charge >= 0.3 is 0 Å². The van der Waals surface area contributed by atoms with Crippen molar-refractivity contribution in [1.29, 1.82) is 0 Å². The monoisotopic (exact) mass is 281 g/mol. The van der Waals surface area contributed by atoms with Gasteiger partial charge in [-0.3, -0.25) is 14.9 Å². The number of benzene rings is 1. The van der Waals surface area contributed by atoms with E-state index in [-0.39, 0.29) is 17.1 Å². The van der Waals surface area contributed by atoms with Crippen LogP contribution in [0.1, 0.15) is 12.0 Å². The average Bonchev–Trinajstić information content (AvgIpc) is 2.33. The molecule has 0 aliphatic heterocycles. The lowest BCUT2D eigenvalue weighted by Gasteiger charge is -2.12. The number of nitrogens with one attached hydrogen (secondary N) is 1. The van der Waals surface area contributed by atoms with Gasteiger partial charge < -0.3 is 11.1 Å². The van der Waals surface area contributed by atoms with E-state index >= 15 is 0 Å². The molecule has 0 radical (unpaired) electrons. The quantitative estimate of drug-likeness (QED) is 0.500. The number of amides is 1. The Hall–Kier alpha value is -2.10. The van der Waals surface area contributed by atoms with Crippen molar-refractivity contribution in [1.82, 2.24) is 0 Å². The first-order chi connectivity index (χ1) is 8.86. The average molecular weight is 282 g/mol. The molecule has 0 bridgehead atoms. The summed E-state index contributed by atoms with van der Waals surface area (Å²) in [6.45, 7) is 1.62. The lowest BCUT2D eigenvalue weighted by molar-refractivity contribution is -0.384. The predicted molar refractivity (Wildman–Crippen MR) is 72.9 cm³/mol. The molecule has 7 heteroatoms. The Morgan fingerprint density at radius 2 is 2.32 bits per heavy atom. The molecule has 0 spiro atoms. The number of aryl methyl sites for hydroxylation is 1. The summed E-state index contributed by atoms with van der Waals surface area (Å²) in [4.78, 5) is 21.8. The van der Waals surface area contributed by atoms with Gasteiger partial charge in [-0.2, -0.15) is 0 Å². The number of nitrogens with two attached hydrogens (primary N) is 1. The molecule has 0 aromatic heterocycles. The third-order valence-corrected chi connectivity index (χ3v) is 2.73. The number of halogens is 1. The summed E-state index contributed by atoms with van der Waals surface area (Å²) in [5, 5.41) is 13.2. The van der Waals surface area contributed by atoms with Crippen LogP contribution in [0, 0.1) is 29.4 Å². The lowest BCUT2D eigenvalue weighted by atomic mass is 10.1. The van der Waals surface area contributed by atoms with Crippen molar-refractivity contribution in [3.63, 3.8) is 0 Å². The van der Waals surface area contributed by atoms with Crippen LogP contribution in [0.3, 0.4) is 0 Å². The normalized spacial score (nSPS) is 11.5. The standard InChI is InChI=1S/C12H12ClN3O3/c1-3-4-9(14)12(17)15-10-6-8(13)11(16(18)19)5-7(10)2/h1,5-6,9H,4,14H2,2H3,(H,15,17). The Labute approximate surface area is 115 Å². The number of nitro groups is 1. The molecule has 1 rings (SSSR count). The lowest BCUT2D eigenvalue weighted by Crippen LogP contribution is -2.35. The fraction of sp³-hybridized carbons (Fsp3) is 0.250. The van der Waals surface area contributed by atoms with E-state index in [2.05, 4.69) is 11.2 Å². The highest BCUT2D eigenvalue weighted by molar-refractivity contribution is 6.33. The minimum Gasteiger partial charge on any atom is -0.324 e. The van der Waals surface area contributed by atoms with E-state index < -0.39 is 16.9 Å². The van der Waals surface area contributed by atoms with Gasteiger partial charge in [0.2, 0.25) is 5.91 Å². The minimum atomic E-state index is -0.835. The molecular weight excluding hydrogens is 270 g/mol. The highest BCUT2D eigenvalue weighted by Crippen LogP contribution is 2.30. The zero-order valence-electron chi connectivity index (χ0n) is 10.1. The van der Waals surface area contributed by atoms with E-state index in [1.807, 2.05) is 0 Å². The molecule has 6 nitrogen and oxygen atoms in total. The number of carbonyl (C=O) groups is 1.